The predicted molar refractivity (Wildman–Crippen MR) is 69.6 cm³/mol. The van der Waals surface area contributed by atoms with Gasteiger partial charge in [0.2, 0.25) is 0 Å². The van der Waals surface area contributed by atoms with Crippen molar-refractivity contribution in [1.82, 2.24) is 0 Å². The monoisotopic (exact) mass is 346 g/mol. The number of halogens is 3. The molecule has 0 aromatic heterocycles. The Labute approximate surface area is 111 Å². The minimum Gasteiger partial charge on any atom is -0.384 e. The maximum atomic E-state index is 13.5. The molecule has 0 aliphatic carbocycles. The molecular formula is C13H9F2IO. The van der Waals surface area contributed by atoms with Gasteiger partial charge in [0.05, 0.1) is 0 Å². The van der Waals surface area contributed by atoms with Crippen LogP contribution in [0.3, 0.4) is 0 Å². The molecule has 2 aromatic rings. The fourth-order valence-corrected chi connectivity index (χ4v) is 2.28. The average molecular weight is 346 g/mol. The van der Waals surface area contributed by atoms with Crippen LogP contribution in [0.5, 0.6) is 0 Å². The van der Waals surface area contributed by atoms with Gasteiger partial charge in [0.1, 0.15) is 6.10 Å². The van der Waals surface area contributed by atoms with E-state index < -0.39 is 17.7 Å². The lowest BCUT2D eigenvalue weighted by Gasteiger charge is -2.14. The Bertz CT molecular complexity index is 543. The molecule has 1 unspecified atom stereocenters. The van der Waals surface area contributed by atoms with Crippen molar-refractivity contribution >= 4 is 22.6 Å². The van der Waals surface area contributed by atoms with E-state index in [1.807, 2.05) is 28.7 Å². The van der Waals surface area contributed by atoms with Crippen LogP contribution in [-0.4, -0.2) is 5.11 Å². The van der Waals surface area contributed by atoms with Crippen LogP contribution in [0.25, 0.3) is 0 Å². The molecule has 0 bridgehead atoms. The van der Waals surface area contributed by atoms with Crippen molar-refractivity contribution in [3.05, 3.63) is 68.8 Å². The Balaban J connectivity index is 2.48. The van der Waals surface area contributed by atoms with Gasteiger partial charge in [-0.1, -0.05) is 30.3 Å². The standard InChI is InChI=1S/C13H9F2IO/c14-10-6-3-5-9(12(10)15)13(17)8-4-1-2-7-11(8)16/h1-7,13,17H. The molecule has 0 amide bonds. The molecule has 88 valence electrons. The van der Waals surface area contributed by atoms with Crippen LogP contribution in [-0.2, 0) is 0 Å². The first kappa shape index (κ1) is 12.4. The normalized spacial score (nSPS) is 12.5. The van der Waals surface area contributed by atoms with Gasteiger partial charge in [0, 0.05) is 9.13 Å². The molecule has 0 saturated carbocycles. The molecule has 0 heterocycles. The zero-order valence-corrected chi connectivity index (χ0v) is 10.9. The molecular weight excluding hydrogens is 337 g/mol. The summed E-state index contributed by atoms with van der Waals surface area (Å²) in [5, 5.41) is 10.1. The average Bonchev–Trinajstić information content (AvgIpc) is 2.32. The Morgan fingerprint density at radius 2 is 1.59 bits per heavy atom. The van der Waals surface area contributed by atoms with E-state index in [2.05, 4.69) is 0 Å². The van der Waals surface area contributed by atoms with Gasteiger partial charge in [-0.2, -0.15) is 0 Å². The summed E-state index contributed by atoms with van der Waals surface area (Å²) in [6, 6.07) is 10.9. The summed E-state index contributed by atoms with van der Waals surface area (Å²) in [5.41, 5.74) is 0.520. The summed E-state index contributed by atoms with van der Waals surface area (Å²) >= 11 is 2.05. The summed E-state index contributed by atoms with van der Waals surface area (Å²) in [6.07, 6.45) is -1.15. The molecule has 0 radical (unpaired) electrons. The molecule has 0 aliphatic heterocycles. The fraction of sp³-hybridized carbons (Fsp3) is 0.0769. The van der Waals surface area contributed by atoms with Crippen molar-refractivity contribution in [3.8, 4) is 0 Å². The molecule has 2 rings (SSSR count). The highest BCUT2D eigenvalue weighted by atomic mass is 127. The van der Waals surface area contributed by atoms with Crippen LogP contribution in [0.15, 0.2) is 42.5 Å². The van der Waals surface area contributed by atoms with Gasteiger partial charge in [0.15, 0.2) is 11.6 Å². The van der Waals surface area contributed by atoms with E-state index in [4.69, 9.17) is 0 Å². The van der Waals surface area contributed by atoms with Gasteiger partial charge in [-0.3, -0.25) is 0 Å². The van der Waals surface area contributed by atoms with E-state index in [9.17, 15) is 13.9 Å². The second kappa shape index (κ2) is 5.10. The van der Waals surface area contributed by atoms with Crippen LogP contribution in [0.4, 0.5) is 8.78 Å². The van der Waals surface area contributed by atoms with E-state index in [0.29, 0.717) is 5.56 Å². The Hall–Kier alpha value is -1.01. The van der Waals surface area contributed by atoms with Crippen molar-refractivity contribution in [1.29, 1.82) is 0 Å². The molecule has 0 aliphatic rings. The minimum atomic E-state index is -1.15. The highest BCUT2D eigenvalue weighted by Gasteiger charge is 2.18. The van der Waals surface area contributed by atoms with E-state index in [0.717, 1.165) is 9.64 Å². The largest absolute Gasteiger partial charge is 0.384 e. The zero-order valence-electron chi connectivity index (χ0n) is 8.70. The third kappa shape index (κ3) is 2.47. The minimum absolute atomic E-state index is 0.0471. The number of benzene rings is 2. The van der Waals surface area contributed by atoms with E-state index in [1.165, 1.54) is 12.1 Å². The summed E-state index contributed by atoms with van der Waals surface area (Å²) in [5.74, 6) is -1.95. The van der Waals surface area contributed by atoms with Crippen molar-refractivity contribution < 1.29 is 13.9 Å². The predicted octanol–water partition coefficient (Wildman–Crippen LogP) is 3.65. The first-order chi connectivity index (χ1) is 8.11. The zero-order chi connectivity index (χ0) is 12.4. The second-order valence-corrected chi connectivity index (χ2v) is 4.73. The smallest absolute Gasteiger partial charge is 0.164 e. The Morgan fingerprint density at radius 3 is 2.29 bits per heavy atom. The van der Waals surface area contributed by atoms with Gasteiger partial charge < -0.3 is 5.11 Å². The first-order valence-electron chi connectivity index (χ1n) is 4.97. The number of rotatable bonds is 2. The lowest BCUT2D eigenvalue weighted by atomic mass is 10.0. The molecule has 1 atom stereocenters. The first-order valence-corrected chi connectivity index (χ1v) is 6.05. The number of aliphatic hydroxyl groups is 1. The maximum Gasteiger partial charge on any atom is 0.164 e. The van der Waals surface area contributed by atoms with Gasteiger partial charge in [-0.15, -0.1) is 0 Å². The van der Waals surface area contributed by atoms with Gasteiger partial charge in [-0.05, 0) is 40.3 Å². The Kier molecular flexibility index (Phi) is 3.73. The quantitative estimate of drug-likeness (QED) is 0.823. The summed E-state index contributed by atoms with van der Waals surface area (Å²) < 4.78 is 27.4. The molecule has 1 N–H and O–H groups in total. The fourth-order valence-electron chi connectivity index (χ4n) is 1.60. The van der Waals surface area contributed by atoms with Crippen molar-refractivity contribution in [2.24, 2.45) is 0 Å². The third-order valence-corrected chi connectivity index (χ3v) is 3.46. The molecule has 0 spiro atoms. The van der Waals surface area contributed by atoms with Crippen LogP contribution in [0.2, 0.25) is 0 Å². The molecule has 4 heteroatoms. The molecule has 17 heavy (non-hydrogen) atoms. The second-order valence-electron chi connectivity index (χ2n) is 3.57. The van der Waals surface area contributed by atoms with Crippen LogP contribution >= 0.6 is 22.6 Å². The number of hydrogen-bond acceptors (Lipinski definition) is 1. The van der Waals surface area contributed by atoms with E-state index in [-0.39, 0.29) is 5.56 Å². The summed E-state index contributed by atoms with van der Waals surface area (Å²) in [4.78, 5) is 0. The van der Waals surface area contributed by atoms with E-state index >= 15 is 0 Å². The van der Waals surface area contributed by atoms with Gasteiger partial charge in [0.25, 0.3) is 0 Å². The highest BCUT2D eigenvalue weighted by molar-refractivity contribution is 14.1. The topological polar surface area (TPSA) is 20.2 Å². The number of hydrogen-bond donors (Lipinski definition) is 1. The lowest BCUT2D eigenvalue weighted by Crippen LogP contribution is -2.05. The number of aliphatic hydroxyl groups excluding tert-OH is 1. The van der Waals surface area contributed by atoms with E-state index in [1.54, 1.807) is 18.2 Å². The lowest BCUT2D eigenvalue weighted by molar-refractivity contribution is 0.212. The maximum absolute atomic E-state index is 13.5. The highest BCUT2D eigenvalue weighted by Crippen LogP contribution is 2.28. The molecule has 0 saturated heterocycles. The Morgan fingerprint density at radius 1 is 0.941 bits per heavy atom. The molecule has 2 aromatic carbocycles. The molecule has 1 nitrogen and oxygen atoms in total. The molecule has 0 fully saturated rings. The van der Waals surface area contributed by atoms with Gasteiger partial charge >= 0.3 is 0 Å². The SMILES string of the molecule is OC(c1ccccc1I)c1cccc(F)c1F. The van der Waals surface area contributed by atoms with Crippen LogP contribution in [0.1, 0.15) is 17.2 Å². The van der Waals surface area contributed by atoms with Crippen molar-refractivity contribution in [2.75, 3.05) is 0 Å². The third-order valence-electron chi connectivity index (χ3n) is 2.48. The van der Waals surface area contributed by atoms with Crippen LogP contribution in [0, 0.1) is 15.2 Å². The summed E-state index contributed by atoms with van der Waals surface area (Å²) in [6.45, 7) is 0. The van der Waals surface area contributed by atoms with Gasteiger partial charge in [-0.25, -0.2) is 8.78 Å². The van der Waals surface area contributed by atoms with Crippen LogP contribution < -0.4 is 0 Å². The van der Waals surface area contributed by atoms with Crippen molar-refractivity contribution in [3.63, 3.8) is 0 Å². The van der Waals surface area contributed by atoms with Crippen molar-refractivity contribution in [2.45, 2.75) is 6.10 Å². The summed E-state index contributed by atoms with van der Waals surface area (Å²) in [7, 11) is 0.